The van der Waals surface area contributed by atoms with Gasteiger partial charge in [-0.25, -0.2) is 13.2 Å². The van der Waals surface area contributed by atoms with Crippen molar-refractivity contribution in [3.63, 3.8) is 0 Å². The van der Waals surface area contributed by atoms with Crippen molar-refractivity contribution < 1.29 is 45.6 Å². The summed E-state index contributed by atoms with van der Waals surface area (Å²) in [7, 11) is 1.23. The third-order valence-electron chi connectivity index (χ3n) is 4.06. The lowest BCUT2D eigenvalue weighted by atomic mass is 10.2. The lowest BCUT2D eigenvalue weighted by molar-refractivity contribution is -0.384. The highest BCUT2D eigenvalue weighted by atomic mass is 19.2. The zero-order chi connectivity index (χ0) is 23.6. The second-order valence-corrected chi connectivity index (χ2v) is 6.05. The number of amides is 1. The molecule has 3 rings (SSSR count). The number of nitrogens with one attached hydrogen (secondary N) is 1. The number of nitrogens with zero attached hydrogens (tertiary/aromatic N) is 1. The number of carbonyl (C=O) groups is 1. The molecule has 0 aliphatic rings. The van der Waals surface area contributed by atoms with Crippen LogP contribution >= 0.6 is 0 Å². The van der Waals surface area contributed by atoms with Gasteiger partial charge in [-0.1, -0.05) is 0 Å². The number of anilines is 1. The first-order valence-corrected chi connectivity index (χ1v) is 8.50. The Kier molecular flexibility index (Phi) is 6.27. The molecule has 1 amide bonds. The first-order chi connectivity index (χ1) is 15.1. The number of hydrogen-bond acceptors (Lipinski definition) is 6. The van der Waals surface area contributed by atoms with Crippen LogP contribution in [0.4, 0.5) is 33.3 Å². The van der Waals surface area contributed by atoms with Gasteiger partial charge in [-0.3, -0.25) is 14.9 Å². The van der Waals surface area contributed by atoms with Crippen molar-refractivity contribution >= 4 is 17.3 Å². The van der Waals surface area contributed by atoms with Crippen LogP contribution in [-0.2, 0) is 6.61 Å². The zero-order valence-electron chi connectivity index (χ0n) is 15.9. The van der Waals surface area contributed by atoms with Gasteiger partial charge in [0, 0.05) is 6.07 Å². The lowest BCUT2D eigenvalue weighted by Crippen LogP contribution is -2.12. The fourth-order valence-corrected chi connectivity index (χ4v) is 2.51. The van der Waals surface area contributed by atoms with Crippen molar-refractivity contribution in [2.75, 3.05) is 12.4 Å². The number of nitro benzene ring substituents is 1. The summed E-state index contributed by atoms with van der Waals surface area (Å²) in [4.78, 5) is 22.5. The molecule has 0 spiro atoms. The Hall–Kier alpha value is -4.16. The fraction of sp³-hybridized carbons (Fsp3) is 0.105. The van der Waals surface area contributed by atoms with Gasteiger partial charge in [-0.2, -0.15) is 8.78 Å². The average Bonchev–Trinajstić information content (AvgIpc) is 3.25. The minimum atomic E-state index is -2.33. The summed E-state index contributed by atoms with van der Waals surface area (Å²) < 4.78 is 81.5. The topological polar surface area (TPSA) is 104 Å². The SMILES string of the molecule is COc1cc([N+](=O)[O-])ccc1NC(=O)c1ccc(COc2c(F)c(F)c(F)c(F)c2F)o1. The zero-order valence-corrected chi connectivity index (χ0v) is 15.9. The number of rotatable bonds is 7. The Bertz CT molecular complexity index is 1180. The first kappa shape index (κ1) is 22.5. The molecule has 0 atom stereocenters. The van der Waals surface area contributed by atoms with Gasteiger partial charge in [0.25, 0.3) is 11.6 Å². The molecule has 0 aliphatic carbocycles. The Morgan fingerprint density at radius 1 is 1.03 bits per heavy atom. The molecule has 0 aliphatic heterocycles. The Morgan fingerprint density at radius 2 is 1.66 bits per heavy atom. The van der Waals surface area contributed by atoms with E-state index in [1.807, 2.05) is 0 Å². The van der Waals surface area contributed by atoms with Gasteiger partial charge in [0.2, 0.25) is 29.1 Å². The predicted octanol–water partition coefficient (Wildman–Crippen LogP) is 4.72. The van der Waals surface area contributed by atoms with Crippen molar-refractivity contribution in [1.82, 2.24) is 0 Å². The summed E-state index contributed by atoms with van der Waals surface area (Å²) >= 11 is 0. The Morgan fingerprint density at radius 3 is 2.25 bits per heavy atom. The normalized spacial score (nSPS) is 10.7. The van der Waals surface area contributed by atoms with Crippen molar-refractivity contribution in [1.29, 1.82) is 0 Å². The van der Waals surface area contributed by atoms with E-state index in [4.69, 9.17) is 9.15 Å². The molecule has 0 radical (unpaired) electrons. The van der Waals surface area contributed by atoms with E-state index in [0.29, 0.717) is 0 Å². The van der Waals surface area contributed by atoms with Gasteiger partial charge in [0.15, 0.2) is 11.5 Å². The summed E-state index contributed by atoms with van der Waals surface area (Å²) in [5, 5.41) is 13.2. The fourth-order valence-electron chi connectivity index (χ4n) is 2.51. The maximum Gasteiger partial charge on any atom is 0.291 e. The van der Waals surface area contributed by atoms with Crippen molar-refractivity contribution in [2.24, 2.45) is 0 Å². The standard InChI is InChI=1S/C19H11F5N2O6/c1-30-12-6-8(26(28)29)2-4-10(12)25-19(27)11-5-3-9(32-11)7-31-18-16(23)14(21)13(20)15(22)17(18)24/h2-6H,7H2,1H3,(H,25,27). The number of halogens is 5. The molecule has 1 heterocycles. The van der Waals surface area contributed by atoms with E-state index in [1.54, 1.807) is 0 Å². The number of carbonyl (C=O) groups excluding carboxylic acids is 1. The molecule has 3 aromatic rings. The molecule has 0 saturated carbocycles. The third-order valence-corrected chi connectivity index (χ3v) is 4.06. The van der Waals surface area contributed by atoms with Crippen LogP contribution < -0.4 is 14.8 Å². The van der Waals surface area contributed by atoms with E-state index >= 15 is 0 Å². The number of benzene rings is 2. The van der Waals surface area contributed by atoms with Gasteiger partial charge < -0.3 is 19.2 Å². The largest absolute Gasteiger partial charge is 0.494 e. The van der Waals surface area contributed by atoms with E-state index in [0.717, 1.165) is 18.2 Å². The van der Waals surface area contributed by atoms with Crippen LogP contribution in [0.25, 0.3) is 0 Å². The first-order valence-electron chi connectivity index (χ1n) is 8.50. The van der Waals surface area contributed by atoms with Gasteiger partial charge in [-0.15, -0.1) is 0 Å². The molecule has 13 heteroatoms. The summed E-state index contributed by atoms with van der Waals surface area (Å²) in [6, 6.07) is 5.77. The summed E-state index contributed by atoms with van der Waals surface area (Å²) in [6.07, 6.45) is 0. The average molecular weight is 458 g/mol. The molecule has 32 heavy (non-hydrogen) atoms. The molecule has 0 bridgehead atoms. The summed E-state index contributed by atoms with van der Waals surface area (Å²) in [6.45, 7) is -0.757. The second-order valence-electron chi connectivity index (χ2n) is 6.05. The van der Waals surface area contributed by atoms with E-state index in [1.165, 1.54) is 19.2 Å². The smallest absolute Gasteiger partial charge is 0.291 e. The van der Waals surface area contributed by atoms with Crippen molar-refractivity contribution in [3.05, 3.63) is 81.1 Å². The van der Waals surface area contributed by atoms with Crippen LogP contribution in [0.2, 0.25) is 0 Å². The van der Waals surface area contributed by atoms with Gasteiger partial charge in [0.1, 0.15) is 18.1 Å². The number of non-ortho nitro benzene ring substituents is 1. The van der Waals surface area contributed by atoms with Crippen LogP contribution in [0.5, 0.6) is 11.5 Å². The minimum absolute atomic E-state index is 0.00558. The number of furan rings is 1. The molecule has 168 valence electrons. The van der Waals surface area contributed by atoms with E-state index in [2.05, 4.69) is 10.1 Å². The van der Waals surface area contributed by atoms with Crippen LogP contribution in [0, 0.1) is 39.2 Å². The van der Waals surface area contributed by atoms with Crippen LogP contribution in [-0.4, -0.2) is 17.9 Å². The highest BCUT2D eigenvalue weighted by molar-refractivity contribution is 6.03. The van der Waals surface area contributed by atoms with Crippen LogP contribution in [0.3, 0.4) is 0 Å². The third kappa shape index (κ3) is 4.31. The van der Waals surface area contributed by atoms with Crippen LogP contribution in [0.15, 0.2) is 34.7 Å². The maximum atomic E-state index is 13.6. The Labute approximate surface area is 175 Å². The second kappa shape index (κ2) is 8.91. The Balaban J connectivity index is 1.73. The molecule has 1 N–H and O–H groups in total. The monoisotopic (exact) mass is 458 g/mol. The van der Waals surface area contributed by atoms with E-state index in [-0.39, 0.29) is 28.6 Å². The highest BCUT2D eigenvalue weighted by Crippen LogP contribution is 2.31. The maximum absolute atomic E-state index is 13.6. The number of ether oxygens (including phenoxy) is 2. The number of methoxy groups -OCH3 is 1. The highest BCUT2D eigenvalue weighted by Gasteiger charge is 2.27. The molecule has 0 fully saturated rings. The lowest BCUT2D eigenvalue weighted by Gasteiger charge is -2.09. The molecule has 2 aromatic carbocycles. The number of nitro groups is 1. The number of hydrogen-bond donors (Lipinski definition) is 1. The molecule has 0 saturated heterocycles. The molecule has 1 aromatic heterocycles. The minimum Gasteiger partial charge on any atom is -0.494 e. The van der Waals surface area contributed by atoms with Gasteiger partial charge >= 0.3 is 0 Å². The molecule has 0 unspecified atom stereocenters. The van der Waals surface area contributed by atoms with Gasteiger partial charge in [-0.05, 0) is 18.2 Å². The van der Waals surface area contributed by atoms with E-state index < -0.39 is 52.3 Å². The summed E-state index contributed by atoms with van der Waals surface area (Å²) in [5.41, 5.74) is -0.191. The molecular weight excluding hydrogens is 447 g/mol. The van der Waals surface area contributed by atoms with Crippen LogP contribution in [0.1, 0.15) is 16.3 Å². The summed E-state index contributed by atoms with van der Waals surface area (Å²) in [5.74, 6) is -13.8. The van der Waals surface area contributed by atoms with Crippen molar-refractivity contribution in [3.8, 4) is 11.5 Å². The predicted molar refractivity (Wildman–Crippen MR) is 96.9 cm³/mol. The molecular formula is C19H11F5N2O6. The quantitative estimate of drug-likeness (QED) is 0.181. The molecule has 8 nitrogen and oxygen atoms in total. The van der Waals surface area contributed by atoms with Gasteiger partial charge in [0.05, 0.1) is 23.8 Å². The van der Waals surface area contributed by atoms with Crippen molar-refractivity contribution in [2.45, 2.75) is 6.61 Å². The van der Waals surface area contributed by atoms with E-state index in [9.17, 15) is 36.9 Å².